The van der Waals surface area contributed by atoms with Crippen LogP contribution in [0, 0.1) is 0 Å². The lowest BCUT2D eigenvalue weighted by molar-refractivity contribution is -0.137. The van der Waals surface area contributed by atoms with Gasteiger partial charge in [-0.05, 0) is 36.2 Å². The molecule has 0 unspecified atom stereocenters. The molecule has 0 radical (unpaired) electrons. The van der Waals surface area contributed by atoms with Crippen molar-refractivity contribution < 1.29 is 13.2 Å². The van der Waals surface area contributed by atoms with Gasteiger partial charge in [0.15, 0.2) is 5.82 Å². The average Bonchev–Trinajstić information content (AvgIpc) is 3.27. The molecule has 5 rings (SSSR count). The van der Waals surface area contributed by atoms with Crippen molar-refractivity contribution >= 4 is 23.1 Å². The number of alkyl halides is 3. The van der Waals surface area contributed by atoms with Crippen LogP contribution < -0.4 is 15.1 Å². The largest absolute Gasteiger partial charge is 0.416 e. The molecule has 2 aromatic carbocycles. The topological polar surface area (TPSA) is 56.1 Å². The van der Waals surface area contributed by atoms with Gasteiger partial charge in [-0.15, -0.1) is 5.10 Å². The molecule has 0 spiro atoms. The van der Waals surface area contributed by atoms with E-state index in [1.165, 1.54) is 6.07 Å². The molecular weight excluding hydrogens is 465 g/mol. The van der Waals surface area contributed by atoms with Crippen LogP contribution in [0.3, 0.4) is 0 Å². The monoisotopic (exact) mass is 490 g/mol. The Morgan fingerprint density at radius 1 is 0.944 bits per heavy atom. The van der Waals surface area contributed by atoms with Crippen molar-refractivity contribution in [2.45, 2.75) is 19.0 Å². The summed E-state index contributed by atoms with van der Waals surface area (Å²) in [5.41, 5.74) is 2.91. The fraction of sp³-hybridized carbons (Fsp3) is 0.222. The summed E-state index contributed by atoms with van der Waals surface area (Å²) < 4.78 is 39.9. The minimum absolute atomic E-state index is 0.402. The minimum Gasteiger partial charge on any atom is -0.372 e. The van der Waals surface area contributed by atoms with Gasteiger partial charge >= 0.3 is 6.18 Å². The van der Waals surface area contributed by atoms with Gasteiger partial charge in [0.2, 0.25) is 0 Å². The molecule has 184 valence electrons. The predicted molar refractivity (Wildman–Crippen MR) is 137 cm³/mol. The summed E-state index contributed by atoms with van der Waals surface area (Å²) in [7, 11) is 1.98. The molecule has 36 heavy (non-hydrogen) atoms. The second kappa shape index (κ2) is 9.49. The molecule has 1 aromatic heterocycles. The summed E-state index contributed by atoms with van der Waals surface area (Å²) in [6, 6.07) is 18.7. The first-order valence-electron chi connectivity index (χ1n) is 11.6. The minimum atomic E-state index is -4.42. The zero-order valence-electron chi connectivity index (χ0n) is 19.8. The van der Waals surface area contributed by atoms with E-state index in [0.717, 1.165) is 42.1 Å². The van der Waals surface area contributed by atoms with Crippen LogP contribution in [0.2, 0.25) is 0 Å². The second-order valence-electron chi connectivity index (χ2n) is 8.75. The van der Waals surface area contributed by atoms with E-state index in [0.29, 0.717) is 41.7 Å². The van der Waals surface area contributed by atoms with E-state index >= 15 is 0 Å². The Labute approximate surface area is 207 Å². The van der Waals surface area contributed by atoms with Gasteiger partial charge in [0.1, 0.15) is 11.7 Å². The smallest absolute Gasteiger partial charge is 0.372 e. The van der Waals surface area contributed by atoms with Gasteiger partial charge in [-0.3, -0.25) is 0 Å². The van der Waals surface area contributed by atoms with Crippen LogP contribution in [0.1, 0.15) is 24.0 Å². The average molecular weight is 491 g/mol. The maximum absolute atomic E-state index is 13.3. The molecule has 0 aliphatic carbocycles. The van der Waals surface area contributed by atoms with Crippen LogP contribution in [-0.4, -0.2) is 36.7 Å². The predicted octanol–water partition coefficient (Wildman–Crippen LogP) is 5.68. The van der Waals surface area contributed by atoms with E-state index < -0.39 is 11.7 Å². The molecule has 0 atom stereocenters. The molecule has 2 aliphatic heterocycles. The normalized spacial score (nSPS) is 15.7. The maximum atomic E-state index is 13.3. The fourth-order valence-electron chi connectivity index (χ4n) is 4.35. The number of pyridine rings is 1. The summed E-state index contributed by atoms with van der Waals surface area (Å²) in [6.07, 6.45) is -3.03. The van der Waals surface area contributed by atoms with Crippen LogP contribution in [0.5, 0.6) is 0 Å². The van der Waals surface area contributed by atoms with E-state index in [2.05, 4.69) is 27.0 Å². The third-order valence-corrected chi connectivity index (χ3v) is 6.23. The molecule has 6 nitrogen and oxygen atoms in total. The molecule has 0 saturated heterocycles. The number of nitrogens with zero attached hydrogens (tertiary/aromatic N) is 5. The molecule has 0 saturated carbocycles. The number of rotatable bonds is 4. The lowest BCUT2D eigenvalue weighted by Crippen LogP contribution is -2.35. The number of fused-ring (bicyclic) bond motifs is 1. The maximum Gasteiger partial charge on any atom is 0.416 e. The highest BCUT2D eigenvalue weighted by Gasteiger charge is 2.31. The number of benzene rings is 2. The van der Waals surface area contributed by atoms with Crippen molar-refractivity contribution in [2.24, 2.45) is 10.2 Å². The zero-order valence-corrected chi connectivity index (χ0v) is 19.8. The molecule has 3 aromatic rings. The first-order chi connectivity index (χ1) is 17.3. The number of hydrogen-bond donors (Lipinski definition) is 1. The Bertz CT molecular complexity index is 1350. The van der Waals surface area contributed by atoms with Gasteiger partial charge < -0.3 is 15.1 Å². The van der Waals surface area contributed by atoms with Gasteiger partial charge in [-0.25, -0.2) is 4.98 Å². The number of anilines is 2. The van der Waals surface area contributed by atoms with Crippen molar-refractivity contribution in [1.82, 2.24) is 10.3 Å². The van der Waals surface area contributed by atoms with Crippen molar-refractivity contribution in [3.05, 3.63) is 90.3 Å². The molecule has 9 heteroatoms. The standard InChI is InChI=1S/C27H25F3N6/c1-18(31-25-17-23(33-34-25)19-8-4-3-5-9-19)36-15-7-14-35(2)24-13-12-22(32-26(24)36)20-10-6-11-21(16-20)27(28,29)30/h3-6,8-13,16H,1,7,14-15,17H2,2H3,(H,31,34). The highest BCUT2D eigenvalue weighted by atomic mass is 19.4. The van der Waals surface area contributed by atoms with E-state index in [1.54, 1.807) is 12.1 Å². The van der Waals surface area contributed by atoms with Gasteiger partial charge in [0.05, 0.1) is 29.1 Å². The van der Waals surface area contributed by atoms with Gasteiger partial charge in [0, 0.05) is 25.7 Å². The van der Waals surface area contributed by atoms with Gasteiger partial charge in [-0.1, -0.05) is 49.0 Å². The van der Waals surface area contributed by atoms with Crippen LogP contribution >= 0.6 is 0 Å². The SMILES string of the molecule is C=C(NC1=NN=C(c2ccccc2)C1)N1CCCN(C)c2ccc(-c3cccc(C(F)(F)F)c3)nc21. The summed E-state index contributed by atoms with van der Waals surface area (Å²) in [5, 5.41) is 11.9. The lowest BCUT2D eigenvalue weighted by atomic mass is 10.1. The molecule has 0 amide bonds. The first-order valence-corrected chi connectivity index (χ1v) is 11.6. The molecule has 0 fully saturated rings. The third-order valence-electron chi connectivity index (χ3n) is 6.23. The van der Waals surface area contributed by atoms with E-state index in [4.69, 9.17) is 4.98 Å². The Morgan fingerprint density at radius 3 is 2.50 bits per heavy atom. The molecular formula is C27H25F3N6. The summed E-state index contributed by atoms with van der Waals surface area (Å²) in [5.74, 6) is 1.89. The van der Waals surface area contributed by atoms with Crippen molar-refractivity contribution in [2.75, 3.05) is 29.9 Å². The molecule has 1 N–H and O–H groups in total. The quantitative estimate of drug-likeness (QED) is 0.511. The Hall–Kier alpha value is -4.14. The number of halogens is 3. The third kappa shape index (κ3) is 4.82. The molecule has 2 aliphatic rings. The number of nitrogens with one attached hydrogen (secondary N) is 1. The molecule has 3 heterocycles. The van der Waals surface area contributed by atoms with Gasteiger partial charge in [-0.2, -0.15) is 18.3 Å². The van der Waals surface area contributed by atoms with E-state index in [1.807, 2.05) is 48.3 Å². The van der Waals surface area contributed by atoms with Gasteiger partial charge in [0.25, 0.3) is 0 Å². The summed E-state index contributed by atoms with van der Waals surface area (Å²) >= 11 is 0. The van der Waals surface area contributed by atoms with Crippen LogP contribution in [0.15, 0.2) is 89.3 Å². The summed E-state index contributed by atoms with van der Waals surface area (Å²) in [4.78, 5) is 8.85. The van der Waals surface area contributed by atoms with Crippen molar-refractivity contribution in [3.8, 4) is 11.3 Å². The van der Waals surface area contributed by atoms with Crippen LogP contribution in [-0.2, 0) is 6.18 Å². The van der Waals surface area contributed by atoms with E-state index in [9.17, 15) is 13.2 Å². The number of aromatic nitrogens is 1. The lowest BCUT2D eigenvalue weighted by Gasteiger charge is -2.27. The molecule has 0 bridgehead atoms. The Balaban J connectivity index is 1.40. The second-order valence-corrected chi connectivity index (χ2v) is 8.75. The summed E-state index contributed by atoms with van der Waals surface area (Å²) in [6.45, 7) is 5.68. The van der Waals surface area contributed by atoms with Crippen LogP contribution in [0.25, 0.3) is 11.3 Å². The highest BCUT2D eigenvalue weighted by molar-refractivity contribution is 6.14. The zero-order chi connectivity index (χ0) is 25.3. The first kappa shape index (κ1) is 23.6. The Kier molecular flexibility index (Phi) is 6.22. The number of amidine groups is 1. The number of hydrogen-bond acceptors (Lipinski definition) is 6. The van der Waals surface area contributed by atoms with Crippen LogP contribution in [0.4, 0.5) is 24.7 Å². The fourth-order valence-corrected chi connectivity index (χ4v) is 4.35. The van der Waals surface area contributed by atoms with Crippen molar-refractivity contribution in [1.29, 1.82) is 0 Å². The van der Waals surface area contributed by atoms with Crippen molar-refractivity contribution in [3.63, 3.8) is 0 Å². The highest BCUT2D eigenvalue weighted by Crippen LogP contribution is 2.36. The van der Waals surface area contributed by atoms with E-state index in [-0.39, 0.29) is 0 Å². The Morgan fingerprint density at radius 2 is 1.72 bits per heavy atom.